The Bertz CT molecular complexity index is 1260. The van der Waals surface area contributed by atoms with Crippen LogP contribution in [-0.4, -0.2) is 18.4 Å². The van der Waals surface area contributed by atoms with Crippen LogP contribution in [0.4, 0.5) is 0 Å². The number of hydrogen-bond donors (Lipinski definition) is 0. The van der Waals surface area contributed by atoms with Crippen molar-refractivity contribution in [2.45, 2.75) is 149 Å². The van der Waals surface area contributed by atoms with Crippen molar-refractivity contribution in [2.75, 3.05) is 0 Å². The molecule has 6 atom stereocenters. The van der Waals surface area contributed by atoms with Gasteiger partial charge in [0.15, 0.2) is 0 Å². The van der Waals surface area contributed by atoms with Crippen LogP contribution in [0.3, 0.4) is 0 Å². The van der Waals surface area contributed by atoms with E-state index in [1.165, 1.54) is 55.7 Å². The first-order valence-corrected chi connectivity index (χ1v) is 22.7. The van der Waals surface area contributed by atoms with Crippen LogP contribution < -0.4 is 0 Å². The Morgan fingerprint density at radius 3 is 1.16 bits per heavy atom. The molecule has 10 aliphatic heterocycles. The van der Waals surface area contributed by atoms with Gasteiger partial charge < -0.3 is 0 Å². The van der Waals surface area contributed by atoms with E-state index in [1.807, 2.05) is 0 Å². The van der Waals surface area contributed by atoms with Gasteiger partial charge in [0.25, 0.3) is 0 Å². The van der Waals surface area contributed by atoms with Crippen LogP contribution >= 0.6 is 17.2 Å². The maximum atomic E-state index is 2.68. The van der Waals surface area contributed by atoms with Gasteiger partial charge in [0, 0.05) is 0 Å². The van der Waals surface area contributed by atoms with E-state index in [4.69, 9.17) is 0 Å². The van der Waals surface area contributed by atoms with Gasteiger partial charge in [-0.2, -0.15) is 0 Å². The van der Waals surface area contributed by atoms with E-state index in [1.54, 1.807) is 64.2 Å². The Balaban J connectivity index is 1.11. The molecule has 3 heteroatoms. The van der Waals surface area contributed by atoms with E-state index < -0.39 is 6.51 Å². The summed E-state index contributed by atoms with van der Waals surface area (Å²) >= 11 is 0. The minimum atomic E-state index is -3.25. The molecule has 10 saturated heterocycles. The molecule has 0 amide bonds. The zero-order chi connectivity index (χ0) is 20.6. The molecule has 2 aliphatic carbocycles. The molecule has 0 nitrogen and oxygen atoms in total. The summed E-state index contributed by atoms with van der Waals surface area (Å²) in [6.07, 6.45) is 16.0. The summed E-state index contributed by atoms with van der Waals surface area (Å²) < 4.78 is 2.29. The monoisotopic (exact) mass is 498 g/mol. The predicted octanol–water partition coefficient (Wildman–Crippen LogP) is 9.27. The second-order valence-corrected chi connectivity index (χ2v) is 46.0. The summed E-state index contributed by atoms with van der Waals surface area (Å²) in [6.45, 7) is 7.45. The van der Waals surface area contributed by atoms with Crippen molar-refractivity contribution in [1.82, 2.24) is 0 Å². The van der Waals surface area contributed by atoms with Gasteiger partial charge in [0.2, 0.25) is 0 Å². The van der Waals surface area contributed by atoms with Crippen LogP contribution in [-0.2, 0) is 6.51 Å². The SMILES string of the molecule is CC(C)C1(P[C]23[CH]4[CH]5[CH]6[C]2(PC2(C(C)C)CCCCC2)[Fe]54632789[CH]3[CH]2[CH]7[CH]8[CH]39)CCCCC1. The minimum absolute atomic E-state index is 0.811. The van der Waals surface area contributed by atoms with Gasteiger partial charge >= 0.3 is 184 Å². The Hall–Kier alpha value is 1.38. The summed E-state index contributed by atoms with van der Waals surface area (Å²) in [5.74, 6) is 1.95. The van der Waals surface area contributed by atoms with Crippen molar-refractivity contribution in [3.05, 3.63) is 0 Å². The van der Waals surface area contributed by atoms with Crippen molar-refractivity contribution in [2.24, 2.45) is 11.8 Å². The molecule has 6 unspecified atom stereocenters. The maximum absolute atomic E-state index is 3.25. The van der Waals surface area contributed by atoms with E-state index in [0.29, 0.717) is 0 Å². The molecule has 2 saturated carbocycles. The molecule has 1 spiro atoms. The third-order valence-corrected chi connectivity index (χ3v) is 78.5. The van der Waals surface area contributed by atoms with Crippen LogP contribution in [0.1, 0.15) is 91.9 Å². The van der Waals surface area contributed by atoms with Gasteiger partial charge in [0.1, 0.15) is 0 Å². The van der Waals surface area contributed by atoms with Crippen LogP contribution in [0.25, 0.3) is 0 Å². The van der Waals surface area contributed by atoms with Crippen LogP contribution in [0.5, 0.6) is 0 Å². The molecule has 174 valence electrons. The molecular weight excluding hydrogens is 454 g/mol. The first kappa shape index (κ1) is 16.9. The van der Waals surface area contributed by atoms with Gasteiger partial charge in [-0.15, -0.1) is 0 Å². The zero-order valence-electron chi connectivity index (χ0n) is 20.2. The first-order chi connectivity index (χ1) is 14.7. The molecule has 0 aromatic heterocycles. The van der Waals surface area contributed by atoms with Gasteiger partial charge in [0.05, 0.1) is 0 Å². The van der Waals surface area contributed by atoms with Crippen molar-refractivity contribution in [3.63, 3.8) is 0 Å². The fraction of sp³-hybridized carbons (Fsp3) is 1.00. The fourth-order valence-corrected chi connectivity index (χ4v) is 123. The van der Waals surface area contributed by atoms with Crippen molar-refractivity contribution < 1.29 is 6.51 Å². The summed E-state index contributed by atoms with van der Waals surface area (Å²) in [7, 11) is 2.96. The molecule has 0 aromatic carbocycles. The second-order valence-electron chi connectivity index (χ2n) is 17.7. The van der Waals surface area contributed by atoms with E-state index >= 15 is 0 Å². The molecule has 31 heavy (non-hydrogen) atoms. The zero-order valence-corrected chi connectivity index (χ0v) is 23.3. The third-order valence-electron chi connectivity index (χ3n) is 21.4. The Kier molecular flexibility index (Phi) is 1.25. The summed E-state index contributed by atoms with van der Waals surface area (Å²) in [5, 5.41) is 1.62. The van der Waals surface area contributed by atoms with Crippen LogP contribution in [0, 0.1) is 11.8 Å². The van der Waals surface area contributed by atoms with Crippen molar-refractivity contribution >= 4 is 17.2 Å². The van der Waals surface area contributed by atoms with Gasteiger partial charge in [-0.3, -0.25) is 0 Å². The van der Waals surface area contributed by atoms with E-state index in [9.17, 15) is 0 Å². The van der Waals surface area contributed by atoms with Gasteiger partial charge in [-0.1, -0.05) is 0 Å². The fourth-order valence-electron chi connectivity index (χ4n) is 22.0. The van der Waals surface area contributed by atoms with Gasteiger partial charge in [-0.25, -0.2) is 0 Å². The molecular formula is C28H44FeP2. The summed E-state index contributed by atoms with van der Waals surface area (Å²) in [4.78, 5) is 12.1. The van der Waals surface area contributed by atoms with E-state index in [2.05, 4.69) is 27.7 Å². The Labute approximate surface area is 183 Å². The summed E-state index contributed by atoms with van der Waals surface area (Å²) in [5.41, 5.74) is 0. The normalized spacial score (nSPS) is 83.7. The van der Waals surface area contributed by atoms with Crippen LogP contribution in [0.15, 0.2) is 0 Å². The molecule has 10 heterocycles. The molecule has 12 fully saturated rings. The number of hydrogen-bond acceptors (Lipinski definition) is 0. The number of rotatable bonds is 6. The molecule has 12 rings (SSSR count). The quantitative estimate of drug-likeness (QED) is 0.253. The topological polar surface area (TPSA) is 0 Å². The molecule has 0 bridgehead atoms. The Morgan fingerprint density at radius 1 is 0.548 bits per heavy atom. The number of fused-ring (bicyclic) bond motifs is 10. The average molecular weight is 498 g/mol. The second kappa shape index (κ2) is 2.29. The first-order valence-electron chi connectivity index (χ1n) is 14.4. The average Bonchev–Trinajstić information content (AvgIpc) is 3.71. The molecule has 0 N–H and O–H groups in total. The molecule has 0 aromatic rings. The van der Waals surface area contributed by atoms with Crippen molar-refractivity contribution in [3.8, 4) is 0 Å². The summed E-state index contributed by atoms with van der Waals surface area (Å²) in [6, 6.07) is 0. The van der Waals surface area contributed by atoms with Gasteiger partial charge in [-0.05, 0) is 0 Å². The molecule has 0 radical (unpaired) electrons. The predicted molar refractivity (Wildman–Crippen MR) is 133 cm³/mol. The van der Waals surface area contributed by atoms with E-state index in [-0.39, 0.29) is 0 Å². The standard InChI is InChI=1S/C23H39P2.C5H5.Fe/c1-18(2)22(14-7-5-8-15-22)24-20-12-11-13-21(20)25-23(19(3)4)16-9-6-10-17-23;1-2-4-5-3-1;/h11-13,18-19,24-25H,5-10,14-17H2,1-4H3;1-5H;. The van der Waals surface area contributed by atoms with Crippen molar-refractivity contribution in [1.29, 1.82) is 0 Å². The molecule has 12 aliphatic rings. The van der Waals surface area contributed by atoms with E-state index in [0.717, 1.165) is 30.3 Å². The third kappa shape index (κ3) is 0.365. The Morgan fingerprint density at radius 2 is 0.903 bits per heavy atom. The van der Waals surface area contributed by atoms with Crippen LogP contribution in [0.2, 0.25) is 38.5 Å².